The van der Waals surface area contributed by atoms with E-state index in [1.807, 2.05) is 0 Å². The molecule has 2 aromatic rings. The first-order valence-electron chi connectivity index (χ1n) is 4.13. The number of nitrogens with zero attached hydrogens (tertiary/aromatic N) is 5. The van der Waals surface area contributed by atoms with Gasteiger partial charge >= 0.3 is 0 Å². The second kappa shape index (κ2) is 5.33. The van der Waals surface area contributed by atoms with E-state index in [4.69, 9.17) is 11.6 Å². The van der Waals surface area contributed by atoms with Crippen molar-refractivity contribution in [3.05, 3.63) is 5.28 Å². The molecule has 86 valence electrons. The number of rotatable bonds is 2. The predicted octanol–water partition coefficient (Wildman–Crippen LogP) is -0.478. The lowest BCUT2D eigenvalue weighted by Gasteiger charge is -1.95. The molecular weight excluding hydrogens is 236 g/mol. The molecule has 0 bridgehead atoms. The van der Waals surface area contributed by atoms with E-state index in [0.29, 0.717) is 5.52 Å². The van der Waals surface area contributed by atoms with Crippen molar-refractivity contribution < 1.29 is 9.53 Å². The summed E-state index contributed by atoms with van der Waals surface area (Å²) in [6, 6.07) is 0. The van der Waals surface area contributed by atoms with Crippen LogP contribution < -0.4 is 10.5 Å². The second-order valence-corrected chi connectivity index (χ2v) is 2.71. The van der Waals surface area contributed by atoms with Gasteiger partial charge in [-0.15, -0.1) is 10.2 Å². The van der Waals surface area contributed by atoms with Crippen LogP contribution in [0.25, 0.3) is 11.2 Å². The molecule has 0 aliphatic heterocycles. The minimum Gasteiger partial charge on any atom is -0.407 e. The molecule has 0 saturated carbocycles. The summed E-state index contributed by atoms with van der Waals surface area (Å²) in [5, 5.41) is 7.76. The molecule has 16 heavy (non-hydrogen) atoms. The van der Waals surface area contributed by atoms with Gasteiger partial charge in [-0.05, 0) is 18.6 Å². The fraction of sp³-hybridized carbons (Fsp3) is 0.286. The first kappa shape index (κ1) is 12.3. The van der Waals surface area contributed by atoms with Crippen LogP contribution in [-0.2, 0) is 11.8 Å². The molecule has 0 unspecified atom stereocenters. The largest absolute Gasteiger partial charge is 0.407 e. The Morgan fingerprint density at radius 3 is 2.69 bits per heavy atom. The average molecular weight is 245 g/mol. The first-order chi connectivity index (χ1) is 7.70. The van der Waals surface area contributed by atoms with E-state index in [1.54, 1.807) is 7.05 Å². The van der Waals surface area contributed by atoms with Crippen LogP contribution in [-0.4, -0.2) is 38.5 Å². The van der Waals surface area contributed by atoms with Crippen molar-refractivity contribution in [1.82, 2.24) is 25.0 Å². The lowest BCUT2D eigenvalue weighted by atomic mass is 10.5. The Hall–Kier alpha value is -1.80. The zero-order valence-electron chi connectivity index (χ0n) is 8.59. The third-order valence-electron chi connectivity index (χ3n) is 1.45. The van der Waals surface area contributed by atoms with Crippen LogP contribution in [0.2, 0.25) is 5.28 Å². The van der Waals surface area contributed by atoms with E-state index in [1.165, 1.54) is 11.8 Å². The molecule has 2 N–H and O–H groups in total. The summed E-state index contributed by atoms with van der Waals surface area (Å²) >= 11 is 5.57. The maximum atomic E-state index is 10.2. The molecular formula is C7H9ClN6O2. The van der Waals surface area contributed by atoms with Crippen molar-refractivity contribution in [2.75, 3.05) is 7.05 Å². The van der Waals surface area contributed by atoms with Gasteiger partial charge in [-0.2, -0.15) is 14.8 Å². The van der Waals surface area contributed by atoms with Crippen molar-refractivity contribution in [1.29, 1.82) is 0 Å². The van der Waals surface area contributed by atoms with E-state index >= 15 is 0 Å². The highest BCUT2D eigenvalue weighted by atomic mass is 35.5. The minimum absolute atomic E-state index is 0.00287. The number of ether oxygens (including phenoxy) is 1. The van der Waals surface area contributed by atoms with E-state index in [2.05, 4.69) is 30.6 Å². The summed E-state index contributed by atoms with van der Waals surface area (Å²) in [4.78, 5) is 18.9. The van der Waals surface area contributed by atoms with Crippen LogP contribution >= 0.6 is 11.6 Å². The van der Waals surface area contributed by atoms with E-state index in [0.717, 1.165) is 0 Å². The molecule has 0 radical (unpaired) electrons. The molecule has 2 heterocycles. The molecule has 0 atom stereocenters. The number of hydrogen-bond donors (Lipinski definition) is 1. The maximum absolute atomic E-state index is 10.2. The number of hydrogen-bond acceptors (Lipinski definition) is 7. The molecule has 2 aromatic heterocycles. The van der Waals surface area contributed by atoms with Crippen molar-refractivity contribution in [3.8, 4) is 5.88 Å². The van der Waals surface area contributed by atoms with Crippen molar-refractivity contribution in [2.45, 2.75) is 0 Å². The highest BCUT2D eigenvalue weighted by molar-refractivity contribution is 6.28. The minimum atomic E-state index is -0.0464. The predicted molar refractivity (Wildman–Crippen MR) is 55.9 cm³/mol. The van der Waals surface area contributed by atoms with Crippen molar-refractivity contribution in [2.24, 2.45) is 12.8 Å². The Labute approximate surface area is 95.4 Å². The highest BCUT2D eigenvalue weighted by Crippen LogP contribution is 2.19. The number of aryl methyl sites for hydroxylation is 1. The van der Waals surface area contributed by atoms with Gasteiger partial charge in [0.25, 0.3) is 12.4 Å². The second-order valence-electron chi connectivity index (χ2n) is 2.37. The first-order valence-corrected chi connectivity index (χ1v) is 4.51. The third-order valence-corrected chi connectivity index (χ3v) is 1.62. The maximum Gasteiger partial charge on any atom is 0.299 e. The molecule has 2 rings (SSSR count). The molecule has 9 heteroatoms. The summed E-state index contributed by atoms with van der Waals surface area (Å²) < 4.78 is 4.58. The topological polar surface area (TPSA) is 109 Å². The molecule has 0 aliphatic rings. The van der Waals surface area contributed by atoms with Gasteiger partial charge in [-0.1, -0.05) is 0 Å². The van der Waals surface area contributed by atoms with Crippen molar-refractivity contribution >= 4 is 29.2 Å². The lowest BCUT2D eigenvalue weighted by Crippen LogP contribution is -1.95. The molecule has 8 nitrogen and oxygen atoms in total. The summed E-state index contributed by atoms with van der Waals surface area (Å²) in [6.45, 7) is 0.243. The number of nitrogens with two attached hydrogens (primary N) is 1. The Morgan fingerprint density at radius 1 is 1.38 bits per heavy atom. The van der Waals surface area contributed by atoms with E-state index in [-0.39, 0.29) is 23.3 Å². The molecule has 0 spiro atoms. The van der Waals surface area contributed by atoms with Gasteiger partial charge in [0, 0.05) is 7.05 Å². The number of halogens is 1. The quantitative estimate of drug-likeness (QED) is 0.561. The summed E-state index contributed by atoms with van der Waals surface area (Å²) in [7, 11) is 3.11. The van der Waals surface area contributed by atoms with Gasteiger partial charge in [-0.3, -0.25) is 4.79 Å². The van der Waals surface area contributed by atoms with Gasteiger partial charge in [0.1, 0.15) is 0 Å². The molecule has 0 saturated heterocycles. The zero-order valence-corrected chi connectivity index (χ0v) is 9.34. The Bertz CT molecular complexity index is 499. The smallest absolute Gasteiger partial charge is 0.299 e. The average Bonchev–Trinajstić information content (AvgIpc) is 2.62. The zero-order chi connectivity index (χ0) is 12.1. The number of carbonyl (C=O) groups excluding carboxylic acids is 1. The SMILES string of the molecule is CN.Cn1nc2nc(Cl)nc(OC=O)c2n1. The van der Waals surface area contributed by atoms with Crippen LogP contribution in [0, 0.1) is 0 Å². The number of fused-ring (bicyclic) bond motifs is 1. The fourth-order valence-electron chi connectivity index (χ4n) is 0.987. The highest BCUT2D eigenvalue weighted by Gasteiger charge is 2.12. The molecule has 0 amide bonds. The molecule has 0 fully saturated rings. The summed E-state index contributed by atoms with van der Waals surface area (Å²) in [5.74, 6) is 0.00287. The van der Waals surface area contributed by atoms with Gasteiger partial charge in [0.05, 0.1) is 0 Å². The Morgan fingerprint density at radius 2 is 2.06 bits per heavy atom. The van der Waals surface area contributed by atoms with Crippen molar-refractivity contribution in [3.63, 3.8) is 0 Å². The number of carbonyl (C=O) groups is 1. The van der Waals surface area contributed by atoms with Gasteiger partial charge < -0.3 is 10.5 Å². The molecule has 0 aliphatic carbocycles. The summed E-state index contributed by atoms with van der Waals surface area (Å²) in [6.07, 6.45) is 0. The third kappa shape index (κ3) is 2.41. The van der Waals surface area contributed by atoms with E-state index < -0.39 is 0 Å². The Balaban J connectivity index is 0.000000606. The standard InChI is InChI=1S/C6H4ClN5O2.CH5N/c1-12-10-3-4(11-12)8-6(7)9-5(3)14-2-13;1-2/h2H,1H3;2H2,1H3. The summed E-state index contributed by atoms with van der Waals surface area (Å²) in [5.41, 5.74) is 5.08. The molecule has 0 aromatic carbocycles. The van der Waals surface area contributed by atoms with Crippen LogP contribution in [0.4, 0.5) is 0 Å². The van der Waals surface area contributed by atoms with E-state index in [9.17, 15) is 4.79 Å². The lowest BCUT2D eigenvalue weighted by molar-refractivity contribution is -0.120. The van der Waals surface area contributed by atoms with Gasteiger partial charge in [0.15, 0.2) is 5.52 Å². The van der Waals surface area contributed by atoms with Gasteiger partial charge in [-0.25, -0.2) is 0 Å². The van der Waals surface area contributed by atoms with Crippen LogP contribution in [0.3, 0.4) is 0 Å². The van der Waals surface area contributed by atoms with Crippen LogP contribution in [0.1, 0.15) is 0 Å². The van der Waals surface area contributed by atoms with Crippen LogP contribution in [0.5, 0.6) is 5.88 Å². The van der Waals surface area contributed by atoms with Gasteiger partial charge in [0.2, 0.25) is 10.9 Å². The normalized spacial score (nSPS) is 9.50. The fourth-order valence-corrected chi connectivity index (χ4v) is 1.14. The number of aromatic nitrogens is 5. The Kier molecular flexibility index (Phi) is 4.09. The monoisotopic (exact) mass is 244 g/mol. The van der Waals surface area contributed by atoms with Crippen LogP contribution in [0.15, 0.2) is 0 Å².